The van der Waals surface area contributed by atoms with Gasteiger partial charge in [0.2, 0.25) is 11.8 Å². The molecule has 8 aromatic rings. The Kier molecular flexibility index (Phi) is 18.3. The molecule has 10 rings (SSSR count). The van der Waals surface area contributed by atoms with Crippen molar-refractivity contribution in [3.8, 4) is 0 Å². The molecule has 0 spiro atoms. The number of carbonyl (C=O) groups is 2. The van der Waals surface area contributed by atoms with Gasteiger partial charge in [-0.1, -0.05) is 172 Å². The maximum atomic E-state index is 14.3. The molecule has 14 heteroatoms. The lowest BCUT2D eigenvalue weighted by Crippen LogP contribution is -2.31. The molecule has 76 heavy (non-hydrogen) atoms. The molecule has 2 saturated carbocycles. The predicted molar refractivity (Wildman–Crippen MR) is 309 cm³/mol. The summed E-state index contributed by atoms with van der Waals surface area (Å²) in [6.45, 7) is 5.07. The standard InChI is InChI=1S/C33H39N2O4P.C29H31N2O4P/c1-3-38-40(37,39-4-2)32(30-20-12-16-24-13-10-11-19-29(24)30)33(36)35-31-22-26-15-9-8-14-25(26)21-27(31)23-34-28-17-6-5-7-18-28;32-29(28(36(33,34)35)26-16-8-12-20-9-6-7-15-25(20)26)31-27-18-22-11-5-4-10-21(22)17-23(27)19-30-24-13-2-1-3-14-24/h8-16,19-22,28,32,34H,3-7,17-18,23H2,1-2H3,(H,35,36);4-12,15-18,24,28,30H,1-3,13-14,19H2,(H,31,32)(H2,33,34,35). The van der Waals surface area contributed by atoms with Gasteiger partial charge in [0.05, 0.1) is 13.2 Å². The van der Waals surface area contributed by atoms with Gasteiger partial charge in [0.15, 0.2) is 11.3 Å². The number of fused-ring (bicyclic) bond motifs is 4. The summed E-state index contributed by atoms with van der Waals surface area (Å²) in [6.07, 6.45) is 12.1. The van der Waals surface area contributed by atoms with Gasteiger partial charge >= 0.3 is 15.2 Å². The average molecular weight is 1060 g/mol. The van der Waals surface area contributed by atoms with Crippen molar-refractivity contribution < 1.29 is 37.6 Å². The van der Waals surface area contributed by atoms with Crippen LogP contribution in [0.3, 0.4) is 0 Å². The van der Waals surface area contributed by atoms with Crippen LogP contribution < -0.4 is 21.3 Å². The Balaban J connectivity index is 0.000000187. The van der Waals surface area contributed by atoms with E-state index in [4.69, 9.17) is 9.05 Å². The van der Waals surface area contributed by atoms with E-state index < -0.39 is 38.3 Å². The van der Waals surface area contributed by atoms with E-state index in [-0.39, 0.29) is 13.2 Å². The maximum absolute atomic E-state index is 14.3. The van der Waals surface area contributed by atoms with Crippen molar-refractivity contribution >= 4 is 81.5 Å². The van der Waals surface area contributed by atoms with Gasteiger partial charge in [-0.2, -0.15) is 0 Å². The summed E-state index contributed by atoms with van der Waals surface area (Å²) in [7, 11) is -8.70. The minimum absolute atomic E-state index is 0.165. The van der Waals surface area contributed by atoms with Crippen LogP contribution >= 0.6 is 15.2 Å². The van der Waals surface area contributed by atoms with Crippen molar-refractivity contribution in [2.75, 3.05) is 23.8 Å². The smallest absolute Gasteiger partial charge is 0.325 e. The third-order valence-electron chi connectivity index (χ3n) is 14.8. The molecule has 396 valence electrons. The van der Waals surface area contributed by atoms with E-state index in [1.165, 1.54) is 51.4 Å². The number of benzene rings is 8. The zero-order chi connectivity index (χ0) is 53.1. The Bertz CT molecular complexity index is 3390. The molecule has 0 bridgehead atoms. The largest absolute Gasteiger partial charge is 0.347 e. The fourth-order valence-electron chi connectivity index (χ4n) is 11.1. The van der Waals surface area contributed by atoms with Gasteiger partial charge in [-0.15, -0.1) is 0 Å². The molecule has 0 saturated heterocycles. The van der Waals surface area contributed by atoms with Crippen molar-refractivity contribution in [3.05, 3.63) is 180 Å². The molecule has 2 aliphatic rings. The van der Waals surface area contributed by atoms with Crippen LogP contribution in [0.4, 0.5) is 11.4 Å². The van der Waals surface area contributed by atoms with Crippen molar-refractivity contribution in [3.63, 3.8) is 0 Å². The average Bonchev–Trinajstić information content (AvgIpc) is 3.43. The van der Waals surface area contributed by atoms with Crippen LogP contribution in [0.2, 0.25) is 0 Å². The van der Waals surface area contributed by atoms with Crippen molar-refractivity contribution in [1.29, 1.82) is 0 Å². The predicted octanol–water partition coefficient (Wildman–Crippen LogP) is 14.6. The first-order valence-electron chi connectivity index (χ1n) is 26.9. The number of amides is 2. The van der Waals surface area contributed by atoms with E-state index in [1.54, 1.807) is 38.1 Å². The Morgan fingerprint density at radius 2 is 0.842 bits per heavy atom. The topological polar surface area (TPSA) is 175 Å². The fraction of sp³-hybridized carbons (Fsp3) is 0.323. The summed E-state index contributed by atoms with van der Waals surface area (Å²) in [5.41, 5.74) is 1.37. The molecule has 2 unspecified atom stereocenters. The Morgan fingerprint density at radius 1 is 0.487 bits per heavy atom. The molecule has 0 aromatic heterocycles. The Hall–Kier alpha value is -6.04. The summed E-state index contributed by atoms with van der Waals surface area (Å²) in [4.78, 5) is 48.4. The van der Waals surface area contributed by atoms with Gasteiger partial charge < -0.3 is 40.1 Å². The van der Waals surface area contributed by atoms with Gasteiger partial charge in [0, 0.05) is 36.5 Å². The summed E-state index contributed by atoms with van der Waals surface area (Å²) in [6, 6.07) is 51.1. The first kappa shape index (κ1) is 54.7. The van der Waals surface area contributed by atoms with E-state index in [0.717, 1.165) is 61.7 Å². The van der Waals surface area contributed by atoms with Gasteiger partial charge in [-0.25, -0.2) is 0 Å². The van der Waals surface area contributed by atoms with E-state index in [9.17, 15) is 28.5 Å². The number of hydrogen-bond acceptors (Lipinski definition) is 8. The zero-order valence-corrected chi connectivity index (χ0v) is 45.2. The number of hydrogen-bond donors (Lipinski definition) is 6. The normalized spacial score (nSPS) is 15.5. The number of rotatable bonds is 18. The van der Waals surface area contributed by atoms with Crippen molar-refractivity contribution in [2.45, 2.75) is 115 Å². The molecule has 12 nitrogen and oxygen atoms in total. The number of carbonyl (C=O) groups excluding carboxylic acids is 2. The minimum Gasteiger partial charge on any atom is -0.325 e. The summed E-state index contributed by atoms with van der Waals surface area (Å²) in [5.74, 6) is -1.12. The minimum atomic E-state index is -4.82. The second kappa shape index (κ2) is 25.4. The SMILES string of the molecule is CCOP(=O)(OCC)C(C(=O)Nc1cc2ccccc2cc1CNC1CCCCC1)c1cccc2ccccc12.O=C(Nc1cc2ccccc2cc1CNC1CCCCC1)C(c1cccc2ccccc12)P(=O)(O)O. The van der Waals surface area contributed by atoms with Crippen molar-refractivity contribution in [1.82, 2.24) is 10.6 Å². The highest BCUT2D eigenvalue weighted by molar-refractivity contribution is 7.55. The summed E-state index contributed by atoms with van der Waals surface area (Å²) >= 11 is 0. The zero-order valence-electron chi connectivity index (χ0n) is 43.5. The molecule has 6 N–H and O–H groups in total. The van der Waals surface area contributed by atoms with E-state index >= 15 is 0 Å². The molecular formula is C62H70N4O8P2. The molecule has 2 aliphatic carbocycles. The van der Waals surface area contributed by atoms with Crippen LogP contribution in [-0.2, 0) is 40.9 Å². The van der Waals surface area contributed by atoms with E-state index in [1.807, 2.05) is 121 Å². The van der Waals surface area contributed by atoms with Gasteiger partial charge in [0.1, 0.15) is 0 Å². The fourth-order valence-corrected chi connectivity index (χ4v) is 14.0. The highest BCUT2D eigenvalue weighted by Crippen LogP contribution is 2.62. The first-order chi connectivity index (χ1) is 36.9. The highest BCUT2D eigenvalue weighted by Gasteiger charge is 2.44. The van der Waals surface area contributed by atoms with Crippen LogP contribution in [0, 0.1) is 0 Å². The van der Waals surface area contributed by atoms with Gasteiger partial charge in [-0.3, -0.25) is 18.7 Å². The summed E-state index contributed by atoms with van der Waals surface area (Å²) < 4.78 is 38.5. The molecular weight excluding hydrogens is 991 g/mol. The molecule has 0 radical (unpaired) electrons. The molecule has 2 fully saturated rings. The lowest BCUT2D eigenvalue weighted by molar-refractivity contribution is -0.117. The van der Waals surface area contributed by atoms with Gasteiger partial charge in [0.25, 0.3) is 0 Å². The van der Waals surface area contributed by atoms with Crippen LogP contribution in [0.5, 0.6) is 0 Å². The molecule has 2 atom stereocenters. The number of anilines is 2. The van der Waals surface area contributed by atoms with E-state index in [2.05, 4.69) is 33.4 Å². The quantitative estimate of drug-likeness (QED) is 0.0454. The first-order valence-corrected chi connectivity index (χ1v) is 30.2. The molecule has 0 aliphatic heterocycles. The van der Waals surface area contributed by atoms with Crippen LogP contribution in [0.15, 0.2) is 158 Å². The summed E-state index contributed by atoms with van der Waals surface area (Å²) in [5, 5.41) is 20.8. The Morgan fingerprint density at radius 3 is 1.25 bits per heavy atom. The molecule has 0 heterocycles. The second-order valence-electron chi connectivity index (χ2n) is 20.0. The van der Waals surface area contributed by atoms with Gasteiger partial charge in [-0.05, 0) is 129 Å². The van der Waals surface area contributed by atoms with Crippen LogP contribution in [-0.4, -0.2) is 46.9 Å². The maximum Gasteiger partial charge on any atom is 0.347 e. The van der Waals surface area contributed by atoms with E-state index in [0.29, 0.717) is 53.1 Å². The monoisotopic (exact) mass is 1060 g/mol. The van der Waals surface area contributed by atoms with Crippen LogP contribution in [0.25, 0.3) is 43.1 Å². The lowest BCUT2D eigenvalue weighted by Gasteiger charge is -2.27. The third-order valence-corrected chi connectivity index (χ3v) is 18.4. The lowest BCUT2D eigenvalue weighted by atomic mass is 9.95. The number of nitrogens with one attached hydrogen (secondary N) is 4. The molecule has 8 aromatic carbocycles. The second-order valence-corrected chi connectivity index (χ2v) is 23.8. The van der Waals surface area contributed by atoms with Crippen molar-refractivity contribution in [2.24, 2.45) is 0 Å². The highest BCUT2D eigenvalue weighted by atomic mass is 31.2. The Labute approximate surface area is 446 Å². The third kappa shape index (κ3) is 13.2. The molecule has 2 amide bonds. The van der Waals surface area contributed by atoms with Crippen LogP contribution in [0.1, 0.15) is 112 Å².